The third kappa shape index (κ3) is 3.07. The van der Waals surface area contributed by atoms with Crippen molar-refractivity contribution >= 4 is 16.7 Å². The van der Waals surface area contributed by atoms with Gasteiger partial charge in [-0.1, -0.05) is 6.07 Å². The van der Waals surface area contributed by atoms with Crippen LogP contribution in [0.15, 0.2) is 35.3 Å². The number of anilines is 1. The Balaban J connectivity index is 1.79. The highest BCUT2D eigenvalue weighted by Gasteiger charge is 2.40. The normalized spacial score (nSPS) is 18.6. The Morgan fingerprint density at radius 1 is 1.24 bits per heavy atom. The highest BCUT2D eigenvalue weighted by Crippen LogP contribution is 2.36. The molecule has 3 aromatic heterocycles. The van der Waals surface area contributed by atoms with Gasteiger partial charge in [-0.25, -0.2) is 8.78 Å². The van der Waals surface area contributed by atoms with E-state index in [2.05, 4.69) is 20.4 Å². The zero-order valence-corrected chi connectivity index (χ0v) is 18.5. The third-order valence-electron chi connectivity index (χ3n) is 6.55. The fourth-order valence-corrected chi connectivity index (χ4v) is 4.76. The van der Waals surface area contributed by atoms with Gasteiger partial charge in [-0.15, -0.1) is 0 Å². The molecule has 0 aliphatic carbocycles. The van der Waals surface area contributed by atoms with Gasteiger partial charge in [-0.3, -0.25) is 24.0 Å². The number of aromatic nitrogens is 5. The number of nitrogens with two attached hydrogens (primary N) is 1. The Morgan fingerprint density at radius 2 is 1.97 bits per heavy atom. The van der Waals surface area contributed by atoms with Crippen molar-refractivity contribution < 1.29 is 8.78 Å². The minimum atomic E-state index is -0.866. The van der Waals surface area contributed by atoms with Crippen molar-refractivity contribution in [3.05, 3.63) is 58.1 Å². The number of nitrogens with one attached hydrogen (secondary N) is 2. The molecule has 172 valence electrons. The number of H-pyrrole nitrogens is 1. The average Bonchev–Trinajstić information content (AvgIpc) is 3.49. The molecule has 1 aromatic carbocycles. The van der Waals surface area contributed by atoms with E-state index in [0.29, 0.717) is 16.8 Å². The van der Waals surface area contributed by atoms with E-state index in [1.165, 1.54) is 12.3 Å². The molecule has 33 heavy (non-hydrogen) atoms. The first-order chi connectivity index (χ1) is 15.7. The first-order valence-corrected chi connectivity index (χ1v) is 10.5. The standard InChI is InChI=1S/C22H24F2N8O/c1-30(2)22(7-8-26-11-22)16-9-15(29-31(16)3)12-10-32(19-13(23)5-4-6-14(19)24)21(33)17-18(12)27-28-20(17)25/h4-6,9-10,26H,7-8,11H2,1-3H3,(H3,25,27,28)/t22-/m1/s1. The molecule has 0 spiro atoms. The summed E-state index contributed by atoms with van der Waals surface area (Å²) in [5.74, 6) is -1.78. The van der Waals surface area contributed by atoms with Gasteiger partial charge in [-0.05, 0) is 45.3 Å². The summed E-state index contributed by atoms with van der Waals surface area (Å²) in [6.07, 6.45) is 2.27. The topological polar surface area (TPSA) is 110 Å². The Kier molecular flexibility index (Phi) is 4.83. The van der Waals surface area contributed by atoms with Crippen molar-refractivity contribution in [3.8, 4) is 16.9 Å². The molecule has 1 saturated heterocycles. The van der Waals surface area contributed by atoms with E-state index in [-0.39, 0.29) is 16.7 Å². The molecule has 5 rings (SSSR count). The number of fused-ring (bicyclic) bond motifs is 1. The molecule has 0 amide bonds. The number of pyridine rings is 1. The number of nitrogen functional groups attached to an aromatic ring is 1. The molecule has 9 nitrogen and oxygen atoms in total. The summed E-state index contributed by atoms with van der Waals surface area (Å²) in [5, 5.41) is 14.9. The van der Waals surface area contributed by atoms with E-state index < -0.39 is 22.9 Å². The number of aromatic amines is 1. The monoisotopic (exact) mass is 454 g/mol. The molecule has 4 heterocycles. The molecule has 4 aromatic rings. The molecule has 0 unspecified atom stereocenters. The van der Waals surface area contributed by atoms with E-state index in [9.17, 15) is 13.6 Å². The second kappa shape index (κ2) is 7.49. The number of aryl methyl sites for hydroxylation is 1. The van der Waals surface area contributed by atoms with Gasteiger partial charge in [0, 0.05) is 25.4 Å². The van der Waals surface area contributed by atoms with Crippen molar-refractivity contribution in [2.24, 2.45) is 7.05 Å². The zero-order valence-electron chi connectivity index (χ0n) is 18.5. The molecule has 1 aliphatic heterocycles. The molecular weight excluding hydrogens is 430 g/mol. The highest BCUT2D eigenvalue weighted by molar-refractivity contribution is 5.97. The Bertz CT molecular complexity index is 1410. The average molecular weight is 454 g/mol. The van der Waals surface area contributed by atoms with Gasteiger partial charge < -0.3 is 11.1 Å². The van der Waals surface area contributed by atoms with E-state index >= 15 is 0 Å². The second-order valence-electron chi connectivity index (χ2n) is 8.54. The lowest BCUT2D eigenvalue weighted by Gasteiger charge is -2.35. The number of nitrogens with zero attached hydrogens (tertiary/aromatic N) is 5. The molecule has 0 radical (unpaired) electrons. The van der Waals surface area contributed by atoms with Gasteiger partial charge in [0.15, 0.2) is 5.82 Å². The fourth-order valence-electron chi connectivity index (χ4n) is 4.76. The van der Waals surface area contributed by atoms with Crippen LogP contribution in [0.4, 0.5) is 14.6 Å². The minimum absolute atomic E-state index is 0.0483. The van der Waals surface area contributed by atoms with E-state index in [0.717, 1.165) is 41.9 Å². The van der Waals surface area contributed by atoms with Crippen LogP contribution in [0.5, 0.6) is 0 Å². The number of halogens is 2. The molecule has 1 atom stereocenters. The number of likely N-dealkylation sites (N-methyl/N-ethyl adjacent to an activating group) is 1. The van der Waals surface area contributed by atoms with Crippen LogP contribution in [0.2, 0.25) is 0 Å². The molecular formula is C22H24F2N8O. The van der Waals surface area contributed by atoms with Crippen LogP contribution in [0.25, 0.3) is 27.8 Å². The quantitative estimate of drug-likeness (QED) is 0.433. The van der Waals surface area contributed by atoms with Crippen molar-refractivity contribution in [3.63, 3.8) is 0 Å². The van der Waals surface area contributed by atoms with E-state index in [4.69, 9.17) is 10.8 Å². The maximum Gasteiger partial charge on any atom is 0.268 e. The minimum Gasteiger partial charge on any atom is -0.382 e. The van der Waals surface area contributed by atoms with Crippen molar-refractivity contribution in [2.75, 3.05) is 32.9 Å². The van der Waals surface area contributed by atoms with E-state index in [1.54, 1.807) is 4.68 Å². The SMILES string of the molecule is CN(C)[C@]1(c2cc(-c3cn(-c4c(F)cccc4F)c(=O)c4c(N)n[nH]c34)nn2C)CCNC1. The fraction of sp³-hybridized carbons (Fsp3) is 0.318. The summed E-state index contributed by atoms with van der Waals surface area (Å²) in [6.45, 7) is 1.63. The lowest BCUT2D eigenvalue weighted by Crippen LogP contribution is -2.44. The summed E-state index contributed by atoms with van der Waals surface area (Å²) in [5.41, 5.74) is 6.86. The smallest absolute Gasteiger partial charge is 0.268 e. The van der Waals surface area contributed by atoms with Gasteiger partial charge in [0.1, 0.15) is 22.7 Å². The third-order valence-corrected chi connectivity index (χ3v) is 6.55. The maximum absolute atomic E-state index is 14.6. The largest absolute Gasteiger partial charge is 0.382 e. The summed E-state index contributed by atoms with van der Waals surface area (Å²) >= 11 is 0. The van der Waals surface area contributed by atoms with Crippen LogP contribution in [0.1, 0.15) is 12.1 Å². The molecule has 1 aliphatic rings. The predicted octanol–water partition coefficient (Wildman–Crippen LogP) is 1.72. The lowest BCUT2D eigenvalue weighted by atomic mass is 9.92. The van der Waals surface area contributed by atoms with Crippen molar-refractivity contribution in [1.29, 1.82) is 0 Å². The van der Waals surface area contributed by atoms with Crippen LogP contribution >= 0.6 is 0 Å². The zero-order chi connectivity index (χ0) is 23.5. The number of rotatable bonds is 4. The predicted molar refractivity (Wildman–Crippen MR) is 121 cm³/mol. The number of para-hydroxylation sites is 1. The molecule has 1 fully saturated rings. The van der Waals surface area contributed by atoms with Gasteiger partial charge in [0.05, 0.1) is 22.4 Å². The van der Waals surface area contributed by atoms with Crippen molar-refractivity contribution in [1.82, 2.24) is 34.8 Å². The maximum atomic E-state index is 14.6. The molecule has 0 saturated carbocycles. The summed E-state index contributed by atoms with van der Waals surface area (Å²) in [7, 11) is 5.90. The lowest BCUT2D eigenvalue weighted by molar-refractivity contribution is 0.163. The second-order valence-corrected chi connectivity index (χ2v) is 8.54. The van der Waals surface area contributed by atoms with Crippen LogP contribution in [-0.2, 0) is 12.6 Å². The number of benzene rings is 1. The first-order valence-electron chi connectivity index (χ1n) is 10.5. The summed E-state index contributed by atoms with van der Waals surface area (Å²) in [4.78, 5) is 15.3. The molecule has 11 heteroatoms. The van der Waals surface area contributed by atoms with Gasteiger partial charge in [0.2, 0.25) is 0 Å². The highest BCUT2D eigenvalue weighted by atomic mass is 19.1. The Hall–Kier alpha value is -3.57. The Labute approximate surface area is 187 Å². The van der Waals surface area contributed by atoms with Crippen LogP contribution in [0.3, 0.4) is 0 Å². The summed E-state index contributed by atoms with van der Waals surface area (Å²) in [6, 6.07) is 5.37. The number of hydrogen-bond acceptors (Lipinski definition) is 6. The van der Waals surface area contributed by atoms with Crippen LogP contribution < -0.4 is 16.6 Å². The van der Waals surface area contributed by atoms with Crippen molar-refractivity contribution in [2.45, 2.75) is 12.0 Å². The number of hydrogen-bond donors (Lipinski definition) is 3. The van der Waals surface area contributed by atoms with Gasteiger partial charge in [-0.2, -0.15) is 10.2 Å². The van der Waals surface area contributed by atoms with Gasteiger partial charge in [0.25, 0.3) is 5.56 Å². The molecule has 0 bridgehead atoms. The van der Waals surface area contributed by atoms with Gasteiger partial charge >= 0.3 is 0 Å². The first kappa shape index (κ1) is 21.3. The van der Waals surface area contributed by atoms with Crippen LogP contribution in [0, 0.1) is 11.6 Å². The summed E-state index contributed by atoms with van der Waals surface area (Å²) < 4.78 is 31.9. The molecule has 4 N–H and O–H groups in total. The van der Waals surface area contributed by atoms with Crippen LogP contribution in [-0.4, -0.2) is 56.6 Å². The van der Waals surface area contributed by atoms with E-state index in [1.807, 2.05) is 27.2 Å². The Morgan fingerprint density at radius 3 is 2.61 bits per heavy atom.